The maximum absolute atomic E-state index is 13.2. The van der Waals surface area contributed by atoms with Crippen LogP contribution in [0.3, 0.4) is 0 Å². The zero-order valence-corrected chi connectivity index (χ0v) is 10.1. The van der Waals surface area contributed by atoms with Crippen molar-refractivity contribution in [2.45, 2.75) is 13.0 Å². The Kier molecular flexibility index (Phi) is 2.56. The molecule has 1 saturated carbocycles. The first-order valence-electron chi connectivity index (χ1n) is 5.97. The lowest BCUT2D eigenvalue weighted by Gasteiger charge is -2.13. The van der Waals surface area contributed by atoms with Crippen LogP contribution < -0.4 is 11.3 Å². The van der Waals surface area contributed by atoms with Crippen molar-refractivity contribution in [3.63, 3.8) is 0 Å². The average molecular weight is 267 g/mol. The van der Waals surface area contributed by atoms with E-state index in [0.717, 1.165) is 0 Å². The SMILES string of the molecule is Nc1nc2c(ncn2C[C@]2(CF)C[C@@H]2CO)c(=O)[nH]1. The van der Waals surface area contributed by atoms with Crippen molar-refractivity contribution >= 4 is 17.1 Å². The van der Waals surface area contributed by atoms with Gasteiger partial charge < -0.3 is 15.4 Å². The maximum Gasteiger partial charge on any atom is 0.280 e. The van der Waals surface area contributed by atoms with E-state index in [2.05, 4.69) is 15.0 Å². The van der Waals surface area contributed by atoms with Crippen LogP contribution in [-0.2, 0) is 6.54 Å². The molecule has 0 saturated heterocycles. The Labute approximate surface area is 107 Å². The van der Waals surface area contributed by atoms with Gasteiger partial charge in [0.1, 0.15) is 0 Å². The van der Waals surface area contributed by atoms with Gasteiger partial charge in [-0.2, -0.15) is 4.98 Å². The zero-order chi connectivity index (χ0) is 13.6. The first-order chi connectivity index (χ1) is 9.09. The molecule has 0 unspecified atom stereocenters. The first-order valence-corrected chi connectivity index (χ1v) is 5.97. The summed E-state index contributed by atoms with van der Waals surface area (Å²) in [5.74, 6) is -0.0441. The Hall–Kier alpha value is -1.96. The average Bonchev–Trinajstić information content (AvgIpc) is 2.95. The molecule has 2 heterocycles. The van der Waals surface area contributed by atoms with E-state index in [9.17, 15) is 9.18 Å². The molecule has 1 aliphatic carbocycles. The summed E-state index contributed by atoms with van der Waals surface area (Å²) < 4.78 is 14.8. The first kappa shape index (κ1) is 12.1. The Balaban J connectivity index is 2.01. The van der Waals surface area contributed by atoms with E-state index in [0.29, 0.717) is 18.6 Å². The van der Waals surface area contributed by atoms with Gasteiger partial charge in [-0.3, -0.25) is 14.2 Å². The number of halogens is 1. The summed E-state index contributed by atoms with van der Waals surface area (Å²) in [6, 6.07) is 0. The highest BCUT2D eigenvalue weighted by Gasteiger charge is 2.54. The van der Waals surface area contributed by atoms with E-state index in [1.165, 1.54) is 6.33 Å². The van der Waals surface area contributed by atoms with E-state index in [1.807, 2.05) is 0 Å². The second kappa shape index (κ2) is 4.02. The zero-order valence-electron chi connectivity index (χ0n) is 10.1. The molecule has 7 nitrogen and oxygen atoms in total. The minimum Gasteiger partial charge on any atom is -0.396 e. The second-order valence-corrected chi connectivity index (χ2v) is 5.08. The van der Waals surface area contributed by atoms with Gasteiger partial charge in [-0.15, -0.1) is 0 Å². The predicted molar refractivity (Wildman–Crippen MR) is 66.2 cm³/mol. The fourth-order valence-electron chi connectivity index (χ4n) is 2.52. The lowest BCUT2D eigenvalue weighted by atomic mass is 10.1. The number of hydrogen-bond acceptors (Lipinski definition) is 5. The number of hydrogen-bond donors (Lipinski definition) is 3. The number of nitrogens with zero attached hydrogens (tertiary/aromatic N) is 3. The number of aromatic nitrogens is 4. The molecule has 2 atom stereocenters. The molecular formula is C11H14FN5O2. The Morgan fingerprint density at radius 1 is 1.68 bits per heavy atom. The van der Waals surface area contributed by atoms with E-state index >= 15 is 0 Å². The summed E-state index contributed by atoms with van der Waals surface area (Å²) in [4.78, 5) is 22.0. The summed E-state index contributed by atoms with van der Waals surface area (Å²) in [7, 11) is 0. The number of aliphatic hydroxyl groups is 1. The molecule has 0 radical (unpaired) electrons. The van der Waals surface area contributed by atoms with Gasteiger partial charge in [-0.1, -0.05) is 0 Å². The molecule has 0 bridgehead atoms. The molecule has 2 aromatic heterocycles. The van der Waals surface area contributed by atoms with Gasteiger partial charge in [0.2, 0.25) is 5.95 Å². The van der Waals surface area contributed by atoms with Crippen LogP contribution in [0, 0.1) is 11.3 Å². The normalized spacial score (nSPS) is 25.9. The highest BCUT2D eigenvalue weighted by molar-refractivity contribution is 5.70. The minimum absolute atomic E-state index is 0.00283. The number of aromatic amines is 1. The van der Waals surface area contributed by atoms with Crippen LogP contribution in [0.15, 0.2) is 11.1 Å². The predicted octanol–water partition coefficient (Wildman–Crippen LogP) is -0.330. The Morgan fingerprint density at radius 3 is 3.11 bits per heavy atom. The molecule has 102 valence electrons. The smallest absolute Gasteiger partial charge is 0.280 e. The van der Waals surface area contributed by atoms with Gasteiger partial charge in [-0.05, 0) is 12.3 Å². The largest absolute Gasteiger partial charge is 0.396 e. The number of anilines is 1. The molecule has 1 aliphatic rings. The Bertz CT molecular complexity index is 681. The van der Waals surface area contributed by atoms with Gasteiger partial charge >= 0.3 is 0 Å². The summed E-state index contributed by atoms with van der Waals surface area (Å²) in [6.07, 6.45) is 2.08. The topological polar surface area (TPSA) is 110 Å². The molecule has 4 N–H and O–H groups in total. The van der Waals surface area contributed by atoms with Gasteiger partial charge in [0, 0.05) is 18.6 Å². The van der Waals surface area contributed by atoms with Crippen molar-refractivity contribution in [2.24, 2.45) is 11.3 Å². The summed E-state index contributed by atoms with van der Waals surface area (Å²) >= 11 is 0. The number of fused-ring (bicyclic) bond motifs is 1. The quantitative estimate of drug-likeness (QED) is 0.702. The van der Waals surface area contributed by atoms with Crippen LogP contribution in [0.25, 0.3) is 11.2 Å². The molecule has 0 aromatic carbocycles. The minimum atomic E-state index is -0.568. The van der Waals surface area contributed by atoms with Gasteiger partial charge in [0.05, 0.1) is 13.0 Å². The number of nitrogens with one attached hydrogen (secondary N) is 1. The third kappa shape index (κ3) is 1.79. The number of H-pyrrole nitrogens is 1. The van der Waals surface area contributed by atoms with Crippen LogP contribution in [0.2, 0.25) is 0 Å². The van der Waals surface area contributed by atoms with E-state index < -0.39 is 17.6 Å². The number of rotatable bonds is 4. The lowest BCUT2D eigenvalue weighted by molar-refractivity contribution is 0.214. The lowest BCUT2D eigenvalue weighted by Crippen LogP contribution is -2.18. The van der Waals surface area contributed by atoms with Crippen molar-refractivity contribution in [1.29, 1.82) is 0 Å². The number of aliphatic hydroxyl groups excluding tert-OH is 1. The molecule has 0 aliphatic heterocycles. The molecule has 19 heavy (non-hydrogen) atoms. The van der Waals surface area contributed by atoms with Crippen LogP contribution in [-0.4, -0.2) is 37.9 Å². The summed E-state index contributed by atoms with van der Waals surface area (Å²) in [5, 5.41) is 9.12. The molecule has 2 aromatic rings. The fourth-order valence-corrected chi connectivity index (χ4v) is 2.52. The van der Waals surface area contributed by atoms with Gasteiger partial charge in [-0.25, -0.2) is 4.98 Å². The molecule has 3 rings (SSSR count). The van der Waals surface area contributed by atoms with Crippen LogP contribution in [0.4, 0.5) is 10.3 Å². The monoisotopic (exact) mass is 267 g/mol. The maximum atomic E-state index is 13.2. The summed E-state index contributed by atoms with van der Waals surface area (Å²) in [5.41, 5.74) is 5.05. The van der Waals surface area contributed by atoms with Crippen molar-refractivity contribution in [3.05, 3.63) is 16.7 Å². The van der Waals surface area contributed by atoms with Crippen molar-refractivity contribution in [1.82, 2.24) is 19.5 Å². The number of alkyl halides is 1. The molecule has 0 spiro atoms. The van der Waals surface area contributed by atoms with Crippen LogP contribution >= 0.6 is 0 Å². The Morgan fingerprint density at radius 2 is 2.47 bits per heavy atom. The van der Waals surface area contributed by atoms with E-state index in [1.54, 1.807) is 4.57 Å². The van der Waals surface area contributed by atoms with Gasteiger partial charge in [0.15, 0.2) is 11.2 Å². The molecule has 0 amide bonds. The van der Waals surface area contributed by atoms with Crippen molar-refractivity contribution in [2.75, 3.05) is 19.0 Å². The second-order valence-electron chi connectivity index (χ2n) is 5.08. The van der Waals surface area contributed by atoms with E-state index in [-0.39, 0.29) is 24.0 Å². The number of nitrogen functional groups attached to an aromatic ring is 1. The van der Waals surface area contributed by atoms with Crippen molar-refractivity contribution < 1.29 is 9.50 Å². The van der Waals surface area contributed by atoms with Crippen LogP contribution in [0.1, 0.15) is 6.42 Å². The highest BCUT2D eigenvalue weighted by Crippen LogP contribution is 2.53. The standard InChI is InChI=1S/C11H14FN5O2/c12-3-11(1-6(11)2-18)4-17-5-14-7-8(17)15-10(13)16-9(7)19/h5-6,18H,1-4H2,(H3,13,15,16,19)/t6-,11-/m1/s1. The fraction of sp³-hybridized carbons (Fsp3) is 0.545. The molecular weight excluding hydrogens is 253 g/mol. The van der Waals surface area contributed by atoms with Crippen molar-refractivity contribution in [3.8, 4) is 0 Å². The van der Waals surface area contributed by atoms with E-state index in [4.69, 9.17) is 10.8 Å². The third-order valence-electron chi connectivity index (χ3n) is 3.82. The van der Waals surface area contributed by atoms with Crippen LogP contribution in [0.5, 0.6) is 0 Å². The third-order valence-corrected chi connectivity index (χ3v) is 3.82. The summed E-state index contributed by atoms with van der Waals surface area (Å²) in [6.45, 7) is -0.218. The highest BCUT2D eigenvalue weighted by atomic mass is 19.1. The molecule has 1 fully saturated rings. The van der Waals surface area contributed by atoms with Gasteiger partial charge in [0.25, 0.3) is 5.56 Å². The number of nitrogens with two attached hydrogens (primary N) is 1. The number of imidazole rings is 1. The molecule has 8 heteroatoms.